The van der Waals surface area contributed by atoms with E-state index in [1.165, 1.54) is 62.7 Å². The molecule has 0 amide bonds. The Labute approximate surface area is 236 Å². The van der Waals surface area contributed by atoms with Crippen molar-refractivity contribution in [3.05, 3.63) is 82.9 Å². The van der Waals surface area contributed by atoms with Crippen molar-refractivity contribution in [1.29, 1.82) is 0 Å². The summed E-state index contributed by atoms with van der Waals surface area (Å²) in [6.07, 6.45) is 3.53. The van der Waals surface area contributed by atoms with Gasteiger partial charge >= 0.3 is 66.9 Å². The Balaban J connectivity index is 0.000000199. The van der Waals surface area contributed by atoms with Crippen LogP contribution in [0.15, 0.2) is 60.7 Å². The monoisotopic (exact) mass is 705 g/mol. The van der Waals surface area contributed by atoms with Gasteiger partial charge in [-0.2, -0.15) is 12.1 Å². The Bertz CT molecular complexity index is 1190. The second kappa shape index (κ2) is 13.9. The fraction of sp³-hybridized carbons (Fsp3) is 0.438. The summed E-state index contributed by atoms with van der Waals surface area (Å²) >= 11 is -1.82. The largest absolute Gasteiger partial charge is 0.165 e. The van der Waals surface area contributed by atoms with E-state index in [-0.39, 0.29) is 10.8 Å². The Hall–Kier alpha value is -0.673. The van der Waals surface area contributed by atoms with E-state index in [0.29, 0.717) is 0 Å². The molecule has 0 aliphatic heterocycles. The zero-order valence-corrected chi connectivity index (χ0v) is 29.8. The molecule has 0 nitrogen and oxygen atoms in total. The molecule has 195 valence electrons. The first-order chi connectivity index (χ1) is 16.7. The van der Waals surface area contributed by atoms with Crippen molar-refractivity contribution in [1.82, 2.24) is 0 Å². The Morgan fingerprint density at radius 2 is 1.17 bits per heavy atom. The summed E-state index contributed by atoms with van der Waals surface area (Å²) in [5, 5.41) is 5.57. The molecule has 4 aromatic carbocycles. The summed E-state index contributed by atoms with van der Waals surface area (Å²) in [6, 6.07) is 23.5. The predicted molar refractivity (Wildman–Crippen MR) is 163 cm³/mol. The van der Waals surface area contributed by atoms with Gasteiger partial charge in [0.15, 0.2) is 0 Å². The van der Waals surface area contributed by atoms with Gasteiger partial charge in [-0.05, 0) is 10.8 Å². The SMILES string of the molecule is CCCC[Si]=[Hf]([Cl])[Cl].Cc1cc2c(C(C)(C)C)cccc2[cH-]1.Cc1cc2c(C(C)(C)C)cccc2[cH-]1. The van der Waals surface area contributed by atoms with E-state index in [0.717, 1.165) is 6.22 Å². The number of hydrogen-bond donors (Lipinski definition) is 0. The predicted octanol–water partition coefficient (Wildman–Crippen LogP) is 11.1. The fourth-order valence-electron chi connectivity index (χ4n) is 4.44. The summed E-state index contributed by atoms with van der Waals surface area (Å²) in [5.41, 5.74) is 6.08. The van der Waals surface area contributed by atoms with Gasteiger partial charge in [0.2, 0.25) is 0 Å². The molecule has 36 heavy (non-hydrogen) atoms. The Kier molecular flexibility index (Phi) is 12.2. The van der Waals surface area contributed by atoms with Crippen molar-refractivity contribution in [2.45, 2.75) is 92.0 Å². The molecule has 0 aromatic heterocycles. The summed E-state index contributed by atoms with van der Waals surface area (Å²) < 4.78 is 0. The third-order valence-electron chi connectivity index (χ3n) is 6.20. The second-order valence-electron chi connectivity index (χ2n) is 11.7. The van der Waals surface area contributed by atoms with Gasteiger partial charge in [0.05, 0.1) is 0 Å². The molecule has 4 aromatic rings. The second-order valence-corrected chi connectivity index (χ2v) is 35.3. The van der Waals surface area contributed by atoms with E-state index in [2.05, 4.69) is 123 Å². The number of halogens is 2. The first-order valence-corrected chi connectivity index (χ1v) is 28.5. The van der Waals surface area contributed by atoms with Gasteiger partial charge in [0.1, 0.15) is 0 Å². The van der Waals surface area contributed by atoms with Gasteiger partial charge in [0, 0.05) is 0 Å². The third kappa shape index (κ3) is 9.57. The molecule has 4 rings (SSSR count). The number of hydrogen-bond acceptors (Lipinski definition) is 0. The van der Waals surface area contributed by atoms with Crippen molar-refractivity contribution in [3.63, 3.8) is 0 Å². The zero-order valence-electron chi connectivity index (χ0n) is 23.7. The van der Waals surface area contributed by atoms with Gasteiger partial charge in [0.25, 0.3) is 0 Å². The number of rotatable bonds is 3. The number of unbranched alkanes of at least 4 members (excludes halogenated alkanes) is 1. The molecule has 0 fully saturated rings. The van der Waals surface area contributed by atoms with Gasteiger partial charge < -0.3 is 0 Å². The van der Waals surface area contributed by atoms with Gasteiger partial charge in [-0.1, -0.05) is 78.6 Å². The Morgan fingerprint density at radius 1 is 0.750 bits per heavy atom. The molecule has 1 radical (unpaired) electrons. The molecule has 4 heteroatoms. The van der Waals surface area contributed by atoms with Crippen LogP contribution >= 0.6 is 17.2 Å². The van der Waals surface area contributed by atoms with Crippen LogP contribution in [-0.2, 0) is 28.5 Å². The fourth-order valence-corrected chi connectivity index (χ4v) is 13.7. The molecule has 0 aliphatic carbocycles. The number of fused-ring (bicyclic) bond motifs is 2. The Morgan fingerprint density at radius 3 is 1.50 bits per heavy atom. The van der Waals surface area contributed by atoms with E-state index in [1.807, 2.05) is 0 Å². The van der Waals surface area contributed by atoms with Crippen molar-refractivity contribution < 1.29 is 17.7 Å². The zero-order chi connectivity index (χ0) is 27.1. The molecule has 0 unspecified atom stereocenters. The summed E-state index contributed by atoms with van der Waals surface area (Å²) in [5.74, 6) is 0. The van der Waals surface area contributed by atoms with E-state index in [1.54, 1.807) is 0 Å². The van der Waals surface area contributed by atoms with Crippen LogP contribution in [0.5, 0.6) is 0 Å². The van der Waals surface area contributed by atoms with E-state index < -0.39 is 17.7 Å². The summed E-state index contributed by atoms with van der Waals surface area (Å²) in [4.78, 5) is 0. The van der Waals surface area contributed by atoms with E-state index >= 15 is 0 Å². The minimum atomic E-state index is -1.82. The number of benzene rings is 2. The smallest absolute Gasteiger partial charge is 0.0220 e. The molecule has 0 N–H and O–H groups in total. The van der Waals surface area contributed by atoms with Gasteiger partial charge in [-0.3, -0.25) is 0 Å². The average Bonchev–Trinajstić information content (AvgIpc) is 3.33. The summed E-state index contributed by atoms with van der Waals surface area (Å²) in [7, 11) is 11.4. The van der Waals surface area contributed by atoms with Crippen LogP contribution in [0.4, 0.5) is 0 Å². The maximum atomic E-state index is 5.70. The minimum absolute atomic E-state index is 0.236. The molecule has 0 heterocycles. The van der Waals surface area contributed by atoms with Crippen LogP contribution in [-0.4, -0.2) is 6.22 Å². The van der Waals surface area contributed by atoms with Crippen molar-refractivity contribution in [2.24, 2.45) is 0 Å². The van der Waals surface area contributed by atoms with Crippen LogP contribution in [0.3, 0.4) is 0 Å². The normalized spacial score (nSPS) is 11.5. The minimum Gasteiger partial charge on any atom is -0.165 e. The van der Waals surface area contributed by atoms with E-state index in [9.17, 15) is 0 Å². The van der Waals surface area contributed by atoms with Crippen molar-refractivity contribution in [3.8, 4) is 0 Å². The molecule has 0 spiro atoms. The van der Waals surface area contributed by atoms with Crippen molar-refractivity contribution >= 4 is 44.9 Å². The maximum Gasteiger partial charge on any atom is -0.0220 e. The molecule has 0 saturated heterocycles. The molecule has 0 atom stereocenters. The average molecular weight is 705 g/mol. The van der Waals surface area contributed by atoms with Crippen LogP contribution < -0.4 is 0 Å². The topological polar surface area (TPSA) is 0 Å². The third-order valence-corrected chi connectivity index (χ3v) is 19.2. The summed E-state index contributed by atoms with van der Waals surface area (Å²) in [6.45, 7) is 20.1. The van der Waals surface area contributed by atoms with Crippen molar-refractivity contribution in [2.75, 3.05) is 0 Å². The molecule has 0 bridgehead atoms. The van der Waals surface area contributed by atoms with Crippen LogP contribution in [0.2, 0.25) is 6.04 Å². The molecule has 0 saturated carbocycles. The van der Waals surface area contributed by atoms with Gasteiger partial charge in [-0.15, -0.1) is 69.1 Å². The van der Waals surface area contributed by atoms with Crippen LogP contribution in [0.25, 0.3) is 21.5 Å². The molecular formula is C32H43Cl2HfSi-2. The van der Waals surface area contributed by atoms with Crippen LogP contribution in [0.1, 0.15) is 83.6 Å². The first kappa shape index (κ1) is 31.5. The number of aryl methyl sites for hydroxylation is 2. The standard InChI is InChI=1S/2C14H17.C4H9Si.2ClH.Hf/c2*1-10-8-11-6-5-7-13(12(11)9-10)14(2,3)4;1-2-3-4-5;;;/h2*5-9H,1-4H3;2-4H2,1H3;2*1H;/q2*-1;;;;+2/p-2. The molecule has 0 aliphatic rings. The van der Waals surface area contributed by atoms with Crippen LogP contribution in [0, 0.1) is 13.8 Å². The maximum absolute atomic E-state index is 5.70. The molecular weight excluding hydrogens is 662 g/mol. The first-order valence-electron chi connectivity index (χ1n) is 13.0. The quantitative estimate of drug-likeness (QED) is 0.113. The van der Waals surface area contributed by atoms with Gasteiger partial charge in [-0.25, -0.2) is 0 Å². The van der Waals surface area contributed by atoms with E-state index in [4.69, 9.17) is 17.2 Å².